The normalized spacial score (nSPS) is 18.7. The number of aliphatic hydroxyl groups excluding tert-OH is 1. The van der Waals surface area contributed by atoms with Crippen molar-refractivity contribution in [2.45, 2.75) is 12.5 Å². The number of rotatable bonds is 5. The lowest BCUT2D eigenvalue weighted by Crippen LogP contribution is -2.31. The van der Waals surface area contributed by atoms with Gasteiger partial charge in [0.2, 0.25) is 0 Å². The molecule has 0 radical (unpaired) electrons. The van der Waals surface area contributed by atoms with E-state index in [1.807, 2.05) is 0 Å². The Balaban J connectivity index is 2.16. The molecule has 0 bridgehead atoms. The summed E-state index contributed by atoms with van der Waals surface area (Å²) in [6, 6.07) is 12.4. The molecule has 0 spiro atoms. The van der Waals surface area contributed by atoms with Crippen LogP contribution < -0.4 is 0 Å². The zero-order chi connectivity index (χ0) is 19.6. The van der Waals surface area contributed by atoms with Gasteiger partial charge in [0.25, 0.3) is 11.7 Å². The second kappa shape index (κ2) is 7.41. The number of carboxylic acid groups (broad SMARTS) is 1. The lowest BCUT2D eigenvalue weighted by Gasteiger charge is -2.24. The molecule has 1 saturated heterocycles. The topological polar surface area (TPSA) is 94.9 Å². The first kappa shape index (κ1) is 18.3. The molecule has 0 aliphatic carbocycles. The van der Waals surface area contributed by atoms with E-state index in [1.165, 1.54) is 18.2 Å². The lowest BCUT2D eigenvalue weighted by molar-refractivity contribution is -0.142. The van der Waals surface area contributed by atoms with Gasteiger partial charge in [-0.15, -0.1) is 0 Å². The quantitative estimate of drug-likeness (QED) is 0.480. The molecule has 6 nitrogen and oxygen atoms in total. The van der Waals surface area contributed by atoms with Gasteiger partial charge in [-0.25, -0.2) is 4.39 Å². The Morgan fingerprint density at radius 2 is 1.74 bits per heavy atom. The van der Waals surface area contributed by atoms with Crippen LogP contribution in [0.4, 0.5) is 4.39 Å². The van der Waals surface area contributed by atoms with Crippen molar-refractivity contribution >= 4 is 23.4 Å². The van der Waals surface area contributed by atoms with Crippen molar-refractivity contribution in [2.75, 3.05) is 6.54 Å². The molecule has 1 atom stereocenters. The molecule has 1 heterocycles. The highest BCUT2D eigenvalue weighted by atomic mass is 19.1. The first-order valence-electron chi connectivity index (χ1n) is 8.21. The van der Waals surface area contributed by atoms with Crippen LogP contribution in [0.25, 0.3) is 5.76 Å². The monoisotopic (exact) mass is 369 g/mol. The van der Waals surface area contributed by atoms with Crippen LogP contribution in [0.3, 0.4) is 0 Å². The number of aliphatic carboxylic acids is 1. The highest BCUT2D eigenvalue weighted by molar-refractivity contribution is 6.46. The Bertz CT molecular complexity index is 938. The smallest absolute Gasteiger partial charge is 0.305 e. The van der Waals surface area contributed by atoms with Gasteiger partial charge in [0.1, 0.15) is 11.6 Å². The number of hydrogen-bond donors (Lipinski definition) is 2. The number of amides is 1. The second-order valence-electron chi connectivity index (χ2n) is 6.06. The minimum atomic E-state index is -1.14. The van der Waals surface area contributed by atoms with Gasteiger partial charge in [-0.05, 0) is 17.7 Å². The van der Waals surface area contributed by atoms with E-state index in [1.54, 1.807) is 30.3 Å². The highest BCUT2D eigenvalue weighted by Crippen LogP contribution is 2.39. The van der Waals surface area contributed by atoms with Gasteiger partial charge in [0.15, 0.2) is 0 Å². The molecule has 3 rings (SSSR count). The summed E-state index contributed by atoms with van der Waals surface area (Å²) in [7, 11) is 0. The number of likely N-dealkylation sites (tertiary alicyclic amines) is 1. The van der Waals surface area contributed by atoms with Crippen LogP contribution in [-0.4, -0.2) is 39.3 Å². The summed E-state index contributed by atoms with van der Waals surface area (Å²) in [6.45, 7) is -0.243. The zero-order valence-electron chi connectivity index (χ0n) is 14.1. The summed E-state index contributed by atoms with van der Waals surface area (Å²) in [5.41, 5.74) is 0.411. The summed E-state index contributed by atoms with van der Waals surface area (Å²) in [6.07, 6.45) is -0.385. The number of halogens is 1. The molecule has 7 heteroatoms. The maximum atomic E-state index is 13.7. The Kier molecular flexibility index (Phi) is 5.03. The number of nitrogens with zero attached hydrogens (tertiary/aromatic N) is 1. The number of hydrogen-bond acceptors (Lipinski definition) is 4. The number of carboxylic acids is 1. The van der Waals surface area contributed by atoms with Crippen LogP contribution in [0.1, 0.15) is 23.6 Å². The maximum Gasteiger partial charge on any atom is 0.305 e. The highest BCUT2D eigenvalue weighted by Gasteiger charge is 2.46. The van der Waals surface area contributed by atoms with Crippen molar-refractivity contribution in [1.29, 1.82) is 0 Å². The molecule has 1 fully saturated rings. The maximum absolute atomic E-state index is 13.7. The number of carbonyl (C=O) groups excluding carboxylic acids is 2. The van der Waals surface area contributed by atoms with Crippen molar-refractivity contribution in [2.24, 2.45) is 0 Å². The van der Waals surface area contributed by atoms with E-state index in [2.05, 4.69) is 0 Å². The third-order valence-electron chi connectivity index (χ3n) is 4.32. The molecule has 2 N–H and O–H groups in total. The average Bonchev–Trinajstić information content (AvgIpc) is 2.91. The summed E-state index contributed by atoms with van der Waals surface area (Å²) in [4.78, 5) is 37.1. The zero-order valence-corrected chi connectivity index (χ0v) is 14.1. The molecule has 2 aromatic rings. The predicted molar refractivity (Wildman–Crippen MR) is 94.1 cm³/mol. The number of benzene rings is 2. The third-order valence-corrected chi connectivity index (χ3v) is 4.32. The van der Waals surface area contributed by atoms with Crippen molar-refractivity contribution in [3.05, 3.63) is 77.1 Å². The van der Waals surface area contributed by atoms with Crippen LogP contribution in [0.2, 0.25) is 0 Å². The second-order valence-corrected chi connectivity index (χ2v) is 6.06. The van der Waals surface area contributed by atoms with Crippen molar-refractivity contribution in [3.63, 3.8) is 0 Å². The van der Waals surface area contributed by atoms with E-state index >= 15 is 0 Å². The van der Waals surface area contributed by atoms with Gasteiger partial charge >= 0.3 is 5.97 Å². The van der Waals surface area contributed by atoms with Gasteiger partial charge in [-0.2, -0.15) is 0 Å². The molecule has 1 aliphatic rings. The first-order chi connectivity index (χ1) is 12.9. The van der Waals surface area contributed by atoms with Crippen LogP contribution in [0.15, 0.2) is 60.2 Å². The van der Waals surface area contributed by atoms with E-state index in [9.17, 15) is 23.9 Å². The van der Waals surface area contributed by atoms with Crippen LogP contribution in [0, 0.1) is 5.82 Å². The Labute approximate surface area is 154 Å². The summed E-state index contributed by atoms with van der Waals surface area (Å²) in [5, 5.41) is 19.6. The van der Waals surface area contributed by atoms with Gasteiger partial charge in [0, 0.05) is 12.1 Å². The molecular formula is C20H16FNO5. The third kappa shape index (κ3) is 3.57. The van der Waals surface area contributed by atoms with Crippen molar-refractivity contribution < 1.29 is 29.0 Å². The van der Waals surface area contributed by atoms with E-state index in [0.717, 1.165) is 11.0 Å². The van der Waals surface area contributed by atoms with Crippen LogP contribution in [0.5, 0.6) is 0 Å². The standard InChI is InChI=1S/C20H16FNO5/c21-14-8-4-7-13(11-14)17-16(18(25)12-5-2-1-3-6-12)19(26)20(27)22(17)10-9-15(23)24/h1-8,11,17,25H,9-10H2,(H,23,24)/b18-16+. The molecular weight excluding hydrogens is 353 g/mol. The fourth-order valence-corrected chi connectivity index (χ4v) is 3.10. The fourth-order valence-electron chi connectivity index (χ4n) is 3.10. The van der Waals surface area contributed by atoms with Crippen molar-refractivity contribution in [3.8, 4) is 0 Å². The Morgan fingerprint density at radius 1 is 1.04 bits per heavy atom. The van der Waals surface area contributed by atoms with Gasteiger partial charge < -0.3 is 15.1 Å². The van der Waals surface area contributed by atoms with Gasteiger partial charge in [-0.3, -0.25) is 14.4 Å². The van der Waals surface area contributed by atoms with E-state index in [4.69, 9.17) is 5.11 Å². The van der Waals surface area contributed by atoms with Gasteiger partial charge in [0.05, 0.1) is 18.0 Å². The van der Waals surface area contributed by atoms with Crippen LogP contribution >= 0.6 is 0 Å². The summed E-state index contributed by atoms with van der Waals surface area (Å²) < 4.78 is 13.7. The first-order valence-corrected chi connectivity index (χ1v) is 8.21. The molecule has 2 aromatic carbocycles. The number of ketones is 1. The van der Waals surface area contributed by atoms with Crippen molar-refractivity contribution in [1.82, 2.24) is 4.90 Å². The van der Waals surface area contributed by atoms with Crippen LogP contribution in [-0.2, 0) is 14.4 Å². The Hall–Kier alpha value is -3.48. The van der Waals surface area contributed by atoms with E-state index < -0.39 is 29.5 Å². The van der Waals surface area contributed by atoms with Gasteiger partial charge in [-0.1, -0.05) is 42.5 Å². The fraction of sp³-hybridized carbons (Fsp3) is 0.150. The number of carbonyl (C=O) groups is 3. The molecule has 138 valence electrons. The minimum absolute atomic E-state index is 0.192. The molecule has 1 unspecified atom stereocenters. The number of aliphatic hydroxyl groups is 1. The summed E-state index contributed by atoms with van der Waals surface area (Å²) >= 11 is 0. The molecule has 0 saturated carbocycles. The number of Topliss-reactive ketones (excluding diaryl/α,β-unsaturated/α-hetero) is 1. The molecule has 1 amide bonds. The molecule has 1 aliphatic heterocycles. The summed E-state index contributed by atoms with van der Waals surface area (Å²) in [5.74, 6) is -3.96. The van der Waals surface area contributed by atoms with E-state index in [-0.39, 0.29) is 29.9 Å². The SMILES string of the molecule is O=C(O)CCN1C(=O)C(=O)/C(=C(/O)c2ccccc2)C1c1cccc(F)c1. The Morgan fingerprint density at radius 3 is 2.37 bits per heavy atom. The molecule has 27 heavy (non-hydrogen) atoms. The minimum Gasteiger partial charge on any atom is -0.507 e. The van der Waals surface area contributed by atoms with E-state index in [0.29, 0.717) is 5.56 Å². The largest absolute Gasteiger partial charge is 0.507 e. The predicted octanol–water partition coefficient (Wildman–Crippen LogP) is 2.72. The average molecular weight is 369 g/mol. The molecule has 0 aromatic heterocycles. The lowest BCUT2D eigenvalue weighted by atomic mass is 9.95.